The quantitative estimate of drug-likeness (QED) is 0.684. The second-order valence-electron chi connectivity index (χ2n) is 5.77. The molecule has 0 spiro atoms. The predicted octanol–water partition coefficient (Wildman–Crippen LogP) is 3.02. The molecule has 0 radical (unpaired) electrons. The molecule has 1 atom stereocenters. The monoisotopic (exact) mass is 288 g/mol. The van der Waals surface area contributed by atoms with E-state index in [0.29, 0.717) is 25.9 Å². The van der Waals surface area contributed by atoms with Gasteiger partial charge in [-0.05, 0) is 25.3 Å². The van der Waals surface area contributed by atoms with Crippen molar-refractivity contribution in [1.82, 2.24) is 4.90 Å². The van der Waals surface area contributed by atoms with Crippen LogP contribution in [0.4, 0.5) is 0 Å². The van der Waals surface area contributed by atoms with E-state index in [9.17, 15) is 4.79 Å². The molecule has 2 rings (SSSR count). The molecule has 1 aromatic carbocycles. The van der Waals surface area contributed by atoms with Gasteiger partial charge in [-0.15, -0.1) is 0 Å². The molecule has 0 aromatic heterocycles. The van der Waals surface area contributed by atoms with Crippen LogP contribution in [-0.2, 0) is 11.2 Å². The normalized spacial score (nSPS) is 20.8. The van der Waals surface area contributed by atoms with Gasteiger partial charge in [0.05, 0.1) is 5.71 Å². The summed E-state index contributed by atoms with van der Waals surface area (Å²) >= 11 is 0. The van der Waals surface area contributed by atoms with E-state index in [1.165, 1.54) is 11.1 Å². The van der Waals surface area contributed by atoms with Crippen LogP contribution < -0.4 is 0 Å². The van der Waals surface area contributed by atoms with E-state index in [-0.39, 0.29) is 11.8 Å². The number of carbonyl (C=O) groups is 1. The smallest absolute Gasteiger partial charge is 0.222 e. The minimum Gasteiger partial charge on any atom is -0.411 e. The molecule has 0 saturated carbocycles. The summed E-state index contributed by atoms with van der Waals surface area (Å²) in [6.45, 7) is 5.48. The van der Waals surface area contributed by atoms with Gasteiger partial charge in [0, 0.05) is 31.8 Å². The van der Waals surface area contributed by atoms with Gasteiger partial charge in [0.1, 0.15) is 0 Å². The highest BCUT2D eigenvalue weighted by molar-refractivity contribution is 5.89. The average molecular weight is 288 g/mol. The van der Waals surface area contributed by atoms with E-state index in [4.69, 9.17) is 5.21 Å². The summed E-state index contributed by atoms with van der Waals surface area (Å²) in [5.74, 6) is 0.401. The van der Waals surface area contributed by atoms with Crippen LogP contribution in [0.1, 0.15) is 37.3 Å². The van der Waals surface area contributed by atoms with E-state index < -0.39 is 0 Å². The zero-order valence-corrected chi connectivity index (χ0v) is 12.9. The third kappa shape index (κ3) is 4.06. The fraction of sp³-hybridized carbons (Fsp3) is 0.529. The van der Waals surface area contributed by atoms with Crippen molar-refractivity contribution in [1.29, 1.82) is 0 Å². The molecule has 1 amide bonds. The molecule has 1 fully saturated rings. The highest BCUT2D eigenvalue weighted by Crippen LogP contribution is 2.18. The summed E-state index contributed by atoms with van der Waals surface area (Å²) in [5, 5.41) is 12.4. The van der Waals surface area contributed by atoms with Crippen LogP contribution in [-0.4, -0.2) is 34.8 Å². The van der Waals surface area contributed by atoms with Gasteiger partial charge < -0.3 is 10.1 Å². The Morgan fingerprint density at radius 3 is 2.71 bits per heavy atom. The van der Waals surface area contributed by atoms with E-state index in [1.807, 2.05) is 4.90 Å². The lowest BCUT2D eigenvalue weighted by Crippen LogP contribution is -2.44. The number of benzene rings is 1. The summed E-state index contributed by atoms with van der Waals surface area (Å²) in [7, 11) is 0. The molecule has 0 bridgehead atoms. The van der Waals surface area contributed by atoms with Gasteiger partial charge in [0.15, 0.2) is 0 Å². The van der Waals surface area contributed by atoms with Crippen LogP contribution in [0.15, 0.2) is 29.4 Å². The summed E-state index contributed by atoms with van der Waals surface area (Å²) in [5.41, 5.74) is 3.28. The van der Waals surface area contributed by atoms with Crippen molar-refractivity contribution in [2.24, 2.45) is 11.1 Å². The number of piperidine rings is 1. The Kier molecular flexibility index (Phi) is 5.37. The molecule has 114 valence electrons. The number of hydrogen-bond acceptors (Lipinski definition) is 3. The molecule has 4 heteroatoms. The first-order valence-corrected chi connectivity index (χ1v) is 7.68. The summed E-state index contributed by atoms with van der Waals surface area (Å²) in [6, 6.07) is 8.34. The third-order valence-electron chi connectivity index (χ3n) is 4.27. The third-order valence-corrected chi connectivity index (χ3v) is 4.27. The Labute approximate surface area is 126 Å². The average Bonchev–Trinajstić information content (AvgIpc) is 2.53. The maximum absolute atomic E-state index is 12.3. The molecule has 1 saturated heterocycles. The largest absolute Gasteiger partial charge is 0.411 e. The van der Waals surface area contributed by atoms with Crippen LogP contribution in [0.2, 0.25) is 0 Å². The lowest BCUT2D eigenvalue weighted by Gasteiger charge is -2.33. The molecule has 1 N–H and O–H groups in total. The van der Waals surface area contributed by atoms with Crippen LogP contribution in [0.5, 0.6) is 0 Å². The zero-order chi connectivity index (χ0) is 15.2. The second kappa shape index (κ2) is 7.25. The molecule has 1 aliphatic rings. The highest BCUT2D eigenvalue weighted by atomic mass is 16.4. The van der Waals surface area contributed by atoms with Gasteiger partial charge in [0.25, 0.3) is 0 Å². The maximum Gasteiger partial charge on any atom is 0.222 e. The van der Waals surface area contributed by atoms with Crippen LogP contribution in [0.3, 0.4) is 0 Å². The van der Waals surface area contributed by atoms with Crippen molar-refractivity contribution in [3.63, 3.8) is 0 Å². The Morgan fingerprint density at radius 2 is 2.10 bits per heavy atom. The first kappa shape index (κ1) is 15.5. The standard InChI is InChI=1S/C17H24N2O2/c1-3-15-12-19(11-10-16(15)18-21)17(20)9-8-14-6-4-13(2)5-7-14/h4-7,15,21H,3,8-12H2,1-2H3/b18-16+. The fourth-order valence-electron chi connectivity index (χ4n) is 2.80. The molecular weight excluding hydrogens is 264 g/mol. The predicted molar refractivity (Wildman–Crippen MR) is 83.7 cm³/mol. The first-order chi connectivity index (χ1) is 10.1. The molecule has 0 aliphatic carbocycles. The van der Waals surface area contributed by atoms with Crippen molar-refractivity contribution in [2.75, 3.05) is 13.1 Å². The molecule has 4 nitrogen and oxygen atoms in total. The number of rotatable bonds is 4. The van der Waals surface area contributed by atoms with E-state index in [0.717, 1.165) is 18.6 Å². The lowest BCUT2D eigenvalue weighted by atomic mass is 9.93. The van der Waals surface area contributed by atoms with Gasteiger partial charge >= 0.3 is 0 Å². The van der Waals surface area contributed by atoms with Crippen LogP contribution in [0.25, 0.3) is 0 Å². The minimum atomic E-state index is 0.200. The van der Waals surface area contributed by atoms with E-state index in [2.05, 4.69) is 43.3 Å². The van der Waals surface area contributed by atoms with Gasteiger partial charge in [-0.1, -0.05) is 41.9 Å². The van der Waals surface area contributed by atoms with Crippen LogP contribution in [0, 0.1) is 12.8 Å². The number of likely N-dealkylation sites (tertiary alicyclic amines) is 1. The van der Waals surface area contributed by atoms with Crippen molar-refractivity contribution in [3.8, 4) is 0 Å². The number of aryl methyl sites for hydroxylation is 2. The molecule has 1 aromatic rings. The van der Waals surface area contributed by atoms with Gasteiger partial charge in [-0.25, -0.2) is 0 Å². The number of oxime groups is 1. The minimum absolute atomic E-state index is 0.200. The van der Waals surface area contributed by atoms with Gasteiger partial charge in [-0.2, -0.15) is 0 Å². The SMILES string of the molecule is CCC1CN(C(=O)CCc2ccc(C)cc2)CC/C1=N\O. The second-order valence-corrected chi connectivity index (χ2v) is 5.77. The van der Waals surface area contributed by atoms with Crippen molar-refractivity contribution >= 4 is 11.6 Å². The lowest BCUT2D eigenvalue weighted by molar-refractivity contribution is -0.131. The highest BCUT2D eigenvalue weighted by Gasteiger charge is 2.27. The zero-order valence-electron chi connectivity index (χ0n) is 12.9. The molecule has 1 aliphatic heterocycles. The summed E-state index contributed by atoms with van der Waals surface area (Å²) in [6.07, 6.45) is 2.92. The molecule has 21 heavy (non-hydrogen) atoms. The number of carbonyl (C=O) groups excluding carboxylic acids is 1. The molecule has 1 heterocycles. The van der Waals surface area contributed by atoms with E-state index in [1.54, 1.807) is 0 Å². The van der Waals surface area contributed by atoms with E-state index >= 15 is 0 Å². The Hall–Kier alpha value is -1.84. The number of nitrogens with zero attached hydrogens (tertiary/aromatic N) is 2. The summed E-state index contributed by atoms with van der Waals surface area (Å²) in [4.78, 5) is 14.2. The maximum atomic E-state index is 12.3. The topological polar surface area (TPSA) is 52.9 Å². The van der Waals surface area contributed by atoms with Crippen LogP contribution >= 0.6 is 0 Å². The number of hydrogen-bond donors (Lipinski definition) is 1. The Morgan fingerprint density at radius 1 is 1.38 bits per heavy atom. The van der Waals surface area contributed by atoms with Gasteiger partial charge in [-0.3, -0.25) is 4.79 Å². The molecular formula is C17H24N2O2. The number of amides is 1. The summed E-state index contributed by atoms with van der Waals surface area (Å²) < 4.78 is 0. The first-order valence-electron chi connectivity index (χ1n) is 7.68. The van der Waals surface area contributed by atoms with Crippen molar-refractivity contribution in [3.05, 3.63) is 35.4 Å². The van der Waals surface area contributed by atoms with Crippen molar-refractivity contribution < 1.29 is 10.0 Å². The Balaban J connectivity index is 1.87. The Bertz CT molecular complexity index is 508. The van der Waals surface area contributed by atoms with Crippen molar-refractivity contribution in [2.45, 2.75) is 39.5 Å². The van der Waals surface area contributed by atoms with Gasteiger partial charge in [0.2, 0.25) is 5.91 Å². The fourth-order valence-corrected chi connectivity index (χ4v) is 2.80. The molecule has 1 unspecified atom stereocenters.